The van der Waals surface area contributed by atoms with E-state index in [9.17, 15) is 15.1 Å². The Morgan fingerprint density at radius 1 is 0.857 bits per heavy atom. The number of aliphatic hydroxyl groups excluding tert-OH is 1. The van der Waals surface area contributed by atoms with E-state index in [4.69, 9.17) is 0 Å². The molecular weight excluding hydrogens is 352 g/mol. The van der Waals surface area contributed by atoms with Crippen molar-refractivity contribution < 1.29 is 14.5 Å². The number of rotatable bonds is 19. The Hall–Kier alpha value is -0.650. The van der Waals surface area contributed by atoms with Crippen molar-refractivity contribution in [3.05, 3.63) is 5.21 Å². The highest BCUT2D eigenvalue weighted by Gasteiger charge is 2.19. The summed E-state index contributed by atoms with van der Waals surface area (Å²) in [6.45, 7) is 4.14. The second kappa shape index (κ2) is 17.2. The number of nitrogens with one attached hydrogen (secondary N) is 1. The molecule has 0 saturated carbocycles. The van der Waals surface area contributed by atoms with E-state index >= 15 is 0 Å². The van der Waals surface area contributed by atoms with Crippen LogP contribution in [0.25, 0.3) is 0 Å². The van der Waals surface area contributed by atoms with Crippen molar-refractivity contribution >= 4 is 5.91 Å². The third kappa shape index (κ3) is 16.3. The molecule has 0 bridgehead atoms. The molecule has 0 aliphatic heterocycles. The fraction of sp³-hybridized carbons (Fsp3) is 0.957. The van der Waals surface area contributed by atoms with Gasteiger partial charge in [-0.15, -0.1) is 0 Å². The summed E-state index contributed by atoms with van der Waals surface area (Å²) in [6.07, 6.45) is 16.9. The molecule has 0 heterocycles. The second-order valence-corrected chi connectivity index (χ2v) is 8.80. The molecule has 0 spiro atoms. The number of carbonyl (C=O) groups is 1. The number of quaternary nitrogens is 1. The molecule has 0 aliphatic carbocycles. The quantitative estimate of drug-likeness (QED) is 0.127. The Labute approximate surface area is 174 Å². The summed E-state index contributed by atoms with van der Waals surface area (Å²) in [6, 6.07) is 0. The molecule has 0 aromatic rings. The molecule has 168 valence electrons. The molecule has 28 heavy (non-hydrogen) atoms. The van der Waals surface area contributed by atoms with Gasteiger partial charge >= 0.3 is 0 Å². The van der Waals surface area contributed by atoms with Crippen LogP contribution in [0.5, 0.6) is 0 Å². The third-order valence-electron chi connectivity index (χ3n) is 5.55. The van der Waals surface area contributed by atoms with Crippen LogP contribution in [0.1, 0.15) is 117 Å². The average Bonchev–Trinajstić information content (AvgIpc) is 2.63. The summed E-state index contributed by atoms with van der Waals surface area (Å²) >= 11 is 0. The number of unbranched alkanes of at least 4 members (excludes halogenated alkanes) is 10. The molecule has 0 aromatic heterocycles. The smallest absolute Gasteiger partial charge is 0.224 e. The summed E-state index contributed by atoms with van der Waals surface area (Å²) in [7, 11) is 3.14. The summed E-state index contributed by atoms with van der Waals surface area (Å²) in [5.41, 5.74) is 0. The number of amides is 1. The van der Waals surface area contributed by atoms with Crippen LogP contribution in [0.4, 0.5) is 0 Å². The molecule has 2 atom stereocenters. The van der Waals surface area contributed by atoms with E-state index in [-0.39, 0.29) is 18.2 Å². The number of nitrogens with zero attached hydrogens (tertiary/aromatic N) is 1. The minimum atomic E-state index is -0.474. The van der Waals surface area contributed by atoms with Crippen molar-refractivity contribution in [1.82, 2.24) is 5.32 Å². The van der Waals surface area contributed by atoms with Gasteiger partial charge in [-0.25, -0.2) is 0 Å². The van der Waals surface area contributed by atoms with Crippen molar-refractivity contribution in [2.24, 2.45) is 0 Å². The van der Waals surface area contributed by atoms with Crippen LogP contribution in [0.2, 0.25) is 0 Å². The molecule has 5 heteroatoms. The molecule has 0 saturated heterocycles. The predicted octanol–water partition coefficient (Wildman–Crippen LogP) is 5.65. The van der Waals surface area contributed by atoms with Gasteiger partial charge in [0.25, 0.3) is 0 Å². The van der Waals surface area contributed by atoms with E-state index in [0.717, 1.165) is 32.1 Å². The highest BCUT2D eigenvalue weighted by atomic mass is 16.5. The first-order valence-electron chi connectivity index (χ1n) is 11.8. The fourth-order valence-electron chi connectivity index (χ4n) is 3.63. The molecule has 0 aliphatic rings. The van der Waals surface area contributed by atoms with Crippen molar-refractivity contribution in [2.75, 3.05) is 14.1 Å². The molecule has 2 N–H and O–H groups in total. The van der Waals surface area contributed by atoms with Gasteiger partial charge < -0.3 is 20.3 Å². The molecule has 1 amide bonds. The lowest BCUT2D eigenvalue weighted by atomic mass is 10.0. The number of aliphatic hydroxyl groups is 1. The fourth-order valence-corrected chi connectivity index (χ4v) is 3.63. The third-order valence-corrected chi connectivity index (χ3v) is 5.55. The maximum atomic E-state index is 11.9. The summed E-state index contributed by atoms with van der Waals surface area (Å²) < 4.78 is -0.474. The monoisotopic (exact) mass is 400 g/mol. The second-order valence-electron chi connectivity index (χ2n) is 8.80. The topological polar surface area (TPSA) is 72.4 Å². The van der Waals surface area contributed by atoms with Crippen molar-refractivity contribution in [3.63, 3.8) is 0 Å². The van der Waals surface area contributed by atoms with E-state index in [2.05, 4.69) is 12.2 Å². The molecule has 5 nitrogen and oxygen atoms in total. The van der Waals surface area contributed by atoms with Crippen LogP contribution >= 0.6 is 0 Å². The normalized spacial score (nSPS) is 14.1. The van der Waals surface area contributed by atoms with Gasteiger partial charge in [-0.3, -0.25) is 4.79 Å². The summed E-state index contributed by atoms with van der Waals surface area (Å²) in [5, 5.41) is 24.7. The maximum Gasteiger partial charge on any atom is 0.224 e. The SMILES string of the molecule is CCCCCCC(O)CCCCCCCCCCC(=O)NC(CC)[N+](C)(C)[O-]. The highest BCUT2D eigenvalue weighted by Crippen LogP contribution is 2.14. The Kier molecular flexibility index (Phi) is 16.8. The van der Waals surface area contributed by atoms with Gasteiger partial charge in [0.15, 0.2) is 6.17 Å². The first-order chi connectivity index (χ1) is 13.3. The Morgan fingerprint density at radius 3 is 1.79 bits per heavy atom. The van der Waals surface area contributed by atoms with Gasteiger partial charge in [0, 0.05) is 12.8 Å². The lowest BCUT2D eigenvalue weighted by molar-refractivity contribution is -0.869. The standard InChI is InChI=1S/C23H48N2O3/c1-5-7-8-15-18-21(26)19-16-13-11-9-10-12-14-17-20-23(27)24-22(6-2)25(3,4)28/h21-22,26H,5-20H2,1-4H3,(H,24,27). The number of carbonyl (C=O) groups excluding carboxylic acids is 1. The zero-order chi connectivity index (χ0) is 21.3. The maximum absolute atomic E-state index is 11.9. The molecule has 0 radical (unpaired) electrons. The predicted molar refractivity (Wildman–Crippen MR) is 119 cm³/mol. The van der Waals surface area contributed by atoms with E-state index < -0.39 is 4.65 Å². The Balaban J connectivity index is 3.45. The number of hydroxylamine groups is 3. The molecular formula is C23H48N2O3. The zero-order valence-corrected chi connectivity index (χ0v) is 19.2. The molecule has 0 fully saturated rings. The van der Waals surface area contributed by atoms with Crippen LogP contribution < -0.4 is 5.32 Å². The van der Waals surface area contributed by atoms with Gasteiger partial charge in [0.1, 0.15) is 0 Å². The van der Waals surface area contributed by atoms with E-state index in [0.29, 0.717) is 12.8 Å². The lowest BCUT2D eigenvalue weighted by Gasteiger charge is -2.41. The highest BCUT2D eigenvalue weighted by molar-refractivity contribution is 5.75. The van der Waals surface area contributed by atoms with Crippen LogP contribution in [-0.2, 0) is 4.79 Å². The van der Waals surface area contributed by atoms with Crippen molar-refractivity contribution in [2.45, 2.75) is 129 Å². The summed E-state index contributed by atoms with van der Waals surface area (Å²) in [4.78, 5) is 11.9. The van der Waals surface area contributed by atoms with Crippen molar-refractivity contribution in [3.8, 4) is 0 Å². The number of hydrogen-bond acceptors (Lipinski definition) is 3. The molecule has 0 rings (SSSR count). The average molecular weight is 401 g/mol. The van der Waals surface area contributed by atoms with Crippen LogP contribution in [0.3, 0.4) is 0 Å². The molecule has 2 unspecified atom stereocenters. The van der Waals surface area contributed by atoms with Gasteiger partial charge in [0.05, 0.1) is 20.2 Å². The van der Waals surface area contributed by atoms with Gasteiger partial charge in [-0.05, 0) is 19.3 Å². The van der Waals surface area contributed by atoms with E-state index in [1.807, 2.05) is 6.92 Å². The minimum absolute atomic E-state index is 0.00199. The first-order valence-corrected chi connectivity index (χ1v) is 11.8. The first kappa shape index (κ1) is 27.4. The van der Waals surface area contributed by atoms with Crippen LogP contribution in [-0.4, -0.2) is 42.0 Å². The van der Waals surface area contributed by atoms with Crippen LogP contribution in [0, 0.1) is 5.21 Å². The lowest BCUT2D eigenvalue weighted by Crippen LogP contribution is -2.53. The largest absolute Gasteiger partial charge is 0.632 e. The zero-order valence-electron chi connectivity index (χ0n) is 19.2. The van der Waals surface area contributed by atoms with Gasteiger partial charge in [0.2, 0.25) is 5.91 Å². The summed E-state index contributed by atoms with van der Waals surface area (Å²) in [5.74, 6) is 0.00199. The van der Waals surface area contributed by atoms with Crippen LogP contribution in [0.15, 0.2) is 0 Å². The Morgan fingerprint density at radius 2 is 1.32 bits per heavy atom. The van der Waals surface area contributed by atoms with E-state index in [1.165, 1.54) is 57.8 Å². The molecule has 0 aromatic carbocycles. The van der Waals surface area contributed by atoms with E-state index in [1.54, 1.807) is 14.1 Å². The minimum Gasteiger partial charge on any atom is -0.632 e. The van der Waals surface area contributed by atoms with Gasteiger partial charge in [-0.2, -0.15) is 0 Å². The number of hydrogen-bond donors (Lipinski definition) is 2. The Bertz CT molecular complexity index is 369. The van der Waals surface area contributed by atoms with Gasteiger partial charge in [-0.1, -0.05) is 84.5 Å². The van der Waals surface area contributed by atoms with Crippen molar-refractivity contribution in [1.29, 1.82) is 0 Å².